The number of fused-ring (bicyclic) bond motifs is 1. The Morgan fingerprint density at radius 3 is 2.61 bits per heavy atom. The van der Waals surface area contributed by atoms with Crippen molar-refractivity contribution in [1.82, 2.24) is 0 Å². The Hall–Kier alpha value is -1.30. The summed E-state index contributed by atoms with van der Waals surface area (Å²) in [7, 11) is -1.55. The summed E-state index contributed by atoms with van der Waals surface area (Å²) >= 11 is 0. The van der Waals surface area contributed by atoms with Crippen LogP contribution in [0.15, 0.2) is 28.7 Å². The molecule has 1 saturated heterocycles. The van der Waals surface area contributed by atoms with Crippen LogP contribution < -0.4 is 5.66 Å². The molecular weight excluding hydrogens is 231 g/mol. The summed E-state index contributed by atoms with van der Waals surface area (Å²) in [6.07, 6.45) is 2.08. The smallest absolute Gasteiger partial charge is 0.465 e. The van der Waals surface area contributed by atoms with Crippen LogP contribution in [0.2, 0.25) is 0 Å². The van der Waals surface area contributed by atoms with Crippen LogP contribution in [0.3, 0.4) is 0 Å². The molecule has 1 aliphatic rings. The first-order valence-electron chi connectivity index (χ1n) is 6.21. The molecule has 1 aromatic heterocycles. The van der Waals surface area contributed by atoms with Crippen molar-refractivity contribution in [2.75, 3.05) is 13.2 Å². The predicted octanol–water partition coefficient (Wildman–Crippen LogP) is 1.01. The average molecular weight is 246 g/mol. The highest BCUT2D eigenvalue weighted by Gasteiger charge is 2.19. The number of hydrogen-bond donors (Lipinski definition) is 2. The molecule has 0 saturated carbocycles. The normalized spacial score (nSPS) is 17.2. The second-order valence-corrected chi connectivity index (χ2v) is 4.71. The predicted molar refractivity (Wildman–Crippen MR) is 68.8 cm³/mol. The van der Waals surface area contributed by atoms with E-state index in [1.807, 2.05) is 6.07 Å². The van der Waals surface area contributed by atoms with Crippen LogP contribution >= 0.6 is 0 Å². The fraction of sp³-hybridized carbons (Fsp3) is 0.385. The molecule has 2 heterocycles. The highest BCUT2D eigenvalue weighted by Crippen LogP contribution is 2.29. The van der Waals surface area contributed by atoms with Gasteiger partial charge in [-0.25, -0.2) is 0 Å². The van der Waals surface area contributed by atoms with Crippen LogP contribution in [-0.4, -0.2) is 30.4 Å². The zero-order chi connectivity index (χ0) is 12.5. The monoisotopic (exact) mass is 246 g/mol. The fourth-order valence-electron chi connectivity index (χ4n) is 2.49. The van der Waals surface area contributed by atoms with Crippen molar-refractivity contribution in [2.45, 2.75) is 18.8 Å². The molecule has 0 spiro atoms. The summed E-state index contributed by atoms with van der Waals surface area (Å²) in [5.74, 6) is 0.528. The van der Waals surface area contributed by atoms with Crippen molar-refractivity contribution in [1.29, 1.82) is 0 Å². The first-order chi connectivity index (χ1) is 8.74. The van der Waals surface area contributed by atoms with Gasteiger partial charge < -0.3 is 19.2 Å². The quantitative estimate of drug-likeness (QED) is 0.776. The van der Waals surface area contributed by atoms with Gasteiger partial charge in [0.15, 0.2) is 0 Å². The second kappa shape index (κ2) is 4.76. The van der Waals surface area contributed by atoms with Gasteiger partial charge in [-0.05, 0) is 42.5 Å². The zero-order valence-electron chi connectivity index (χ0n) is 10.0. The largest absolute Gasteiger partial charge is 0.526 e. The third-order valence-corrected chi connectivity index (χ3v) is 3.51. The van der Waals surface area contributed by atoms with Crippen molar-refractivity contribution in [3.05, 3.63) is 29.8 Å². The highest BCUT2D eigenvalue weighted by molar-refractivity contribution is 6.57. The molecule has 2 N–H and O–H groups in total. The van der Waals surface area contributed by atoms with Gasteiger partial charge in [-0.1, -0.05) is 6.07 Å². The maximum Gasteiger partial charge on any atom is 0.526 e. The topological polar surface area (TPSA) is 62.8 Å². The SMILES string of the molecule is OB(O)c1cc2cc(C3CCOCC3)ccc2o1. The molecule has 1 aliphatic heterocycles. The van der Waals surface area contributed by atoms with Crippen molar-refractivity contribution in [3.63, 3.8) is 0 Å². The number of ether oxygens (including phenoxy) is 1. The van der Waals surface area contributed by atoms with Crippen molar-refractivity contribution >= 4 is 23.7 Å². The molecule has 1 fully saturated rings. The minimum atomic E-state index is -1.55. The molecule has 18 heavy (non-hydrogen) atoms. The molecule has 0 radical (unpaired) electrons. The Morgan fingerprint density at radius 2 is 1.89 bits per heavy atom. The lowest BCUT2D eigenvalue weighted by atomic mass is 9.87. The van der Waals surface area contributed by atoms with E-state index in [1.54, 1.807) is 6.07 Å². The van der Waals surface area contributed by atoms with Crippen LogP contribution in [0, 0.1) is 0 Å². The Bertz CT molecular complexity index is 543. The van der Waals surface area contributed by atoms with Gasteiger partial charge in [-0.2, -0.15) is 0 Å². The number of benzene rings is 1. The van der Waals surface area contributed by atoms with E-state index in [0.29, 0.717) is 11.5 Å². The summed E-state index contributed by atoms with van der Waals surface area (Å²) in [6.45, 7) is 1.63. The summed E-state index contributed by atoms with van der Waals surface area (Å²) in [5, 5.41) is 19.1. The molecule has 2 aromatic rings. The Balaban J connectivity index is 1.94. The molecular formula is C13H15BO4. The molecule has 0 unspecified atom stereocenters. The summed E-state index contributed by atoms with van der Waals surface area (Å²) < 4.78 is 10.7. The van der Waals surface area contributed by atoms with Crippen molar-refractivity contribution < 1.29 is 19.2 Å². The van der Waals surface area contributed by atoms with Gasteiger partial charge in [-0.3, -0.25) is 0 Å². The highest BCUT2D eigenvalue weighted by atomic mass is 16.5. The first-order valence-corrected chi connectivity index (χ1v) is 6.21. The van der Waals surface area contributed by atoms with E-state index >= 15 is 0 Å². The molecule has 1 aromatic carbocycles. The van der Waals surface area contributed by atoms with Crippen LogP contribution in [0.4, 0.5) is 0 Å². The third-order valence-electron chi connectivity index (χ3n) is 3.51. The molecule has 0 amide bonds. The second-order valence-electron chi connectivity index (χ2n) is 4.71. The molecule has 5 heteroatoms. The van der Waals surface area contributed by atoms with Gasteiger partial charge in [0.1, 0.15) is 11.2 Å². The summed E-state index contributed by atoms with van der Waals surface area (Å²) in [4.78, 5) is 0. The molecule has 3 rings (SSSR count). The van der Waals surface area contributed by atoms with Gasteiger partial charge in [0.05, 0.1) is 0 Å². The van der Waals surface area contributed by atoms with Gasteiger partial charge >= 0.3 is 7.12 Å². The lowest BCUT2D eigenvalue weighted by Crippen LogP contribution is -2.27. The van der Waals surface area contributed by atoms with Gasteiger partial charge in [0.25, 0.3) is 0 Å². The number of hydrogen-bond acceptors (Lipinski definition) is 4. The van der Waals surface area contributed by atoms with Gasteiger partial charge in [0.2, 0.25) is 0 Å². The van der Waals surface area contributed by atoms with Gasteiger partial charge in [0, 0.05) is 18.6 Å². The Kier molecular flexibility index (Phi) is 3.12. The maximum atomic E-state index is 9.09. The van der Waals surface area contributed by atoms with Crippen LogP contribution in [0.25, 0.3) is 11.0 Å². The molecule has 94 valence electrons. The Morgan fingerprint density at radius 1 is 1.11 bits per heavy atom. The minimum Gasteiger partial charge on any atom is -0.465 e. The van der Waals surface area contributed by atoms with E-state index in [4.69, 9.17) is 19.2 Å². The standard InChI is InChI=1S/C13H15BO4/c15-14(16)13-8-11-7-10(1-2-12(11)18-13)9-3-5-17-6-4-9/h1-2,7-9,15-16H,3-6H2. The number of rotatable bonds is 2. The van der Waals surface area contributed by atoms with E-state index in [0.717, 1.165) is 31.4 Å². The van der Waals surface area contributed by atoms with Crippen LogP contribution in [0.1, 0.15) is 24.3 Å². The molecule has 0 atom stereocenters. The maximum absolute atomic E-state index is 9.09. The summed E-state index contributed by atoms with van der Waals surface area (Å²) in [6, 6.07) is 7.70. The van der Waals surface area contributed by atoms with Gasteiger partial charge in [-0.15, -0.1) is 0 Å². The van der Waals surface area contributed by atoms with Crippen molar-refractivity contribution in [3.8, 4) is 0 Å². The van der Waals surface area contributed by atoms with E-state index < -0.39 is 7.12 Å². The van der Waals surface area contributed by atoms with E-state index in [9.17, 15) is 0 Å². The van der Waals surface area contributed by atoms with E-state index in [-0.39, 0.29) is 5.66 Å². The molecule has 0 aliphatic carbocycles. The van der Waals surface area contributed by atoms with Crippen LogP contribution in [-0.2, 0) is 4.74 Å². The van der Waals surface area contributed by atoms with E-state index in [1.165, 1.54) is 5.56 Å². The zero-order valence-corrected chi connectivity index (χ0v) is 10.0. The average Bonchev–Trinajstić information content (AvgIpc) is 2.82. The van der Waals surface area contributed by atoms with Crippen molar-refractivity contribution in [2.24, 2.45) is 0 Å². The third kappa shape index (κ3) is 2.17. The first kappa shape index (κ1) is 11.8. The number of furan rings is 1. The fourth-order valence-corrected chi connectivity index (χ4v) is 2.49. The minimum absolute atomic E-state index is 0.189. The molecule has 0 bridgehead atoms. The lowest BCUT2D eigenvalue weighted by molar-refractivity contribution is 0.0853. The summed E-state index contributed by atoms with van der Waals surface area (Å²) in [5.41, 5.74) is 2.15. The molecule has 4 nitrogen and oxygen atoms in total. The lowest BCUT2D eigenvalue weighted by Gasteiger charge is -2.22. The Labute approximate surface area is 105 Å². The van der Waals surface area contributed by atoms with E-state index in [2.05, 4.69) is 12.1 Å². The van der Waals surface area contributed by atoms with Crippen LogP contribution in [0.5, 0.6) is 0 Å².